The van der Waals surface area contributed by atoms with E-state index in [1.54, 1.807) is 0 Å². The van der Waals surface area contributed by atoms with E-state index >= 15 is 0 Å². The van der Waals surface area contributed by atoms with Crippen LogP contribution in [0.25, 0.3) is 0 Å². The molecule has 4 N–H and O–H groups in total. The molecule has 0 aromatic heterocycles. The number of hydrogen-bond donors (Lipinski definition) is 3. The molecule has 0 unspecified atom stereocenters. The van der Waals surface area contributed by atoms with Gasteiger partial charge in [-0.05, 0) is 85.4 Å². The average molecular weight is 434 g/mol. The van der Waals surface area contributed by atoms with E-state index < -0.39 is 12.0 Å². The summed E-state index contributed by atoms with van der Waals surface area (Å²) in [6, 6.07) is 7.81. The van der Waals surface area contributed by atoms with Crippen LogP contribution in [0.4, 0.5) is 0 Å². The zero-order valence-corrected chi connectivity index (χ0v) is 15.5. The molecule has 1 aromatic carbocycles. The van der Waals surface area contributed by atoms with Crippen molar-refractivity contribution >= 4 is 45.8 Å². The molecule has 0 fully saturated rings. The highest BCUT2D eigenvalue weighted by Crippen LogP contribution is 2.10. The van der Waals surface area contributed by atoms with Gasteiger partial charge >= 0.3 is 5.97 Å². The fourth-order valence-electron chi connectivity index (χ4n) is 2.12. The lowest BCUT2D eigenvalue weighted by Gasteiger charge is -2.16. The zero-order chi connectivity index (χ0) is 16.4. The third-order valence-corrected chi connectivity index (χ3v) is 4.40. The van der Waals surface area contributed by atoms with Crippen molar-refractivity contribution in [3.05, 3.63) is 33.4 Å². The first-order valence-electron chi connectivity index (χ1n) is 7.49. The van der Waals surface area contributed by atoms with Gasteiger partial charge in [-0.15, -0.1) is 0 Å². The van der Waals surface area contributed by atoms with Gasteiger partial charge in [0.25, 0.3) is 0 Å². The standard InChI is InChI=1S/C16H23IN2O2S/c17-13-9-7-12(8-10-13)4-3-6-15(22)19-14(16(20)21)5-1-2-11-18/h7-10,14H,1-6,11,18H2,(H,19,22)(H,20,21)/t14-/m0/s1. The van der Waals surface area contributed by atoms with Gasteiger partial charge in [-0.2, -0.15) is 0 Å². The van der Waals surface area contributed by atoms with Crippen LogP contribution in [0.15, 0.2) is 24.3 Å². The summed E-state index contributed by atoms with van der Waals surface area (Å²) < 4.78 is 1.22. The highest BCUT2D eigenvalue weighted by atomic mass is 127. The van der Waals surface area contributed by atoms with E-state index in [-0.39, 0.29) is 0 Å². The van der Waals surface area contributed by atoms with Gasteiger partial charge in [-0.1, -0.05) is 24.4 Å². The summed E-state index contributed by atoms with van der Waals surface area (Å²) in [5.74, 6) is -0.850. The van der Waals surface area contributed by atoms with Gasteiger partial charge in [0.2, 0.25) is 0 Å². The minimum atomic E-state index is -0.850. The Morgan fingerprint density at radius 3 is 2.55 bits per heavy atom. The van der Waals surface area contributed by atoms with Crippen molar-refractivity contribution in [1.82, 2.24) is 5.32 Å². The van der Waals surface area contributed by atoms with Crippen molar-refractivity contribution in [2.45, 2.75) is 44.6 Å². The predicted molar refractivity (Wildman–Crippen MR) is 102 cm³/mol. The number of nitrogens with two attached hydrogens (primary N) is 1. The Hall–Kier alpha value is -0.730. The SMILES string of the molecule is NCCCC[C@H](NC(=S)CCCc1ccc(I)cc1)C(=O)O. The maximum Gasteiger partial charge on any atom is 0.326 e. The molecule has 0 spiro atoms. The summed E-state index contributed by atoms with van der Waals surface area (Å²) in [6.07, 6.45) is 4.77. The number of unbranched alkanes of at least 4 members (excludes halogenated alkanes) is 1. The highest BCUT2D eigenvalue weighted by molar-refractivity contribution is 14.1. The number of aliphatic carboxylic acids is 1. The summed E-state index contributed by atoms with van der Waals surface area (Å²) in [6.45, 7) is 0.590. The fourth-order valence-corrected chi connectivity index (χ4v) is 2.77. The smallest absolute Gasteiger partial charge is 0.326 e. The number of carboxylic acid groups (broad SMARTS) is 1. The normalized spacial score (nSPS) is 11.9. The van der Waals surface area contributed by atoms with E-state index in [1.807, 2.05) is 0 Å². The van der Waals surface area contributed by atoms with E-state index in [2.05, 4.69) is 52.2 Å². The summed E-state index contributed by atoms with van der Waals surface area (Å²) >= 11 is 7.55. The minimum absolute atomic E-state index is 0.559. The topological polar surface area (TPSA) is 75.3 Å². The van der Waals surface area contributed by atoms with E-state index in [0.29, 0.717) is 24.4 Å². The lowest BCUT2D eigenvalue weighted by atomic mass is 10.1. The van der Waals surface area contributed by atoms with Crippen molar-refractivity contribution in [3.8, 4) is 0 Å². The van der Waals surface area contributed by atoms with Gasteiger partial charge in [0.15, 0.2) is 0 Å². The van der Waals surface area contributed by atoms with Crippen molar-refractivity contribution in [1.29, 1.82) is 0 Å². The molecule has 6 heteroatoms. The van der Waals surface area contributed by atoms with E-state index in [1.165, 1.54) is 9.13 Å². The number of halogens is 1. The molecule has 0 amide bonds. The number of hydrogen-bond acceptors (Lipinski definition) is 3. The van der Waals surface area contributed by atoms with Gasteiger partial charge in [0, 0.05) is 3.57 Å². The van der Waals surface area contributed by atoms with Crippen LogP contribution < -0.4 is 11.1 Å². The second-order valence-corrected chi connectivity index (χ2v) is 6.96. The minimum Gasteiger partial charge on any atom is -0.480 e. The molecule has 22 heavy (non-hydrogen) atoms. The summed E-state index contributed by atoms with van der Waals surface area (Å²) in [5, 5.41) is 12.2. The Morgan fingerprint density at radius 2 is 1.95 bits per heavy atom. The Morgan fingerprint density at radius 1 is 1.27 bits per heavy atom. The molecule has 1 aromatic rings. The van der Waals surface area contributed by atoms with Gasteiger partial charge in [0.05, 0.1) is 4.99 Å². The number of aryl methyl sites for hydroxylation is 1. The molecular weight excluding hydrogens is 411 g/mol. The van der Waals surface area contributed by atoms with Gasteiger partial charge in [0.1, 0.15) is 6.04 Å². The number of carboxylic acids is 1. The first-order chi connectivity index (χ1) is 10.5. The molecule has 1 rings (SSSR count). The zero-order valence-electron chi connectivity index (χ0n) is 12.6. The largest absolute Gasteiger partial charge is 0.480 e. The van der Waals surface area contributed by atoms with Crippen LogP contribution in [0.5, 0.6) is 0 Å². The molecule has 122 valence electrons. The average Bonchev–Trinajstić information content (AvgIpc) is 2.48. The van der Waals surface area contributed by atoms with Gasteiger partial charge in [-0.3, -0.25) is 0 Å². The molecule has 0 aliphatic carbocycles. The number of benzene rings is 1. The fraction of sp³-hybridized carbons (Fsp3) is 0.500. The highest BCUT2D eigenvalue weighted by Gasteiger charge is 2.17. The van der Waals surface area contributed by atoms with Crippen molar-refractivity contribution in [2.24, 2.45) is 5.73 Å². The first-order valence-corrected chi connectivity index (χ1v) is 8.98. The summed E-state index contributed by atoms with van der Waals surface area (Å²) in [7, 11) is 0. The Bertz CT molecular complexity index is 480. The van der Waals surface area contributed by atoms with Crippen LogP contribution in [0.2, 0.25) is 0 Å². The van der Waals surface area contributed by atoms with Gasteiger partial charge < -0.3 is 16.2 Å². The third-order valence-electron chi connectivity index (χ3n) is 3.36. The molecule has 0 radical (unpaired) electrons. The third kappa shape index (κ3) is 8.05. The molecule has 0 heterocycles. The van der Waals surface area contributed by atoms with Crippen LogP contribution in [0.3, 0.4) is 0 Å². The van der Waals surface area contributed by atoms with Crippen molar-refractivity contribution < 1.29 is 9.90 Å². The number of thiocarbonyl (C=S) groups is 1. The van der Waals surface area contributed by atoms with Crippen molar-refractivity contribution in [2.75, 3.05) is 6.54 Å². The first kappa shape index (κ1) is 19.3. The lowest BCUT2D eigenvalue weighted by Crippen LogP contribution is -2.40. The molecule has 0 bridgehead atoms. The Balaban J connectivity index is 2.30. The number of nitrogens with one attached hydrogen (secondary N) is 1. The molecule has 0 aliphatic rings. The van der Waals surface area contributed by atoms with Crippen molar-refractivity contribution in [3.63, 3.8) is 0 Å². The second-order valence-electron chi connectivity index (χ2n) is 5.22. The Labute approximate surface area is 151 Å². The number of rotatable bonds is 10. The summed E-state index contributed by atoms with van der Waals surface area (Å²) in [5.41, 5.74) is 6.71. The number of carbonyl (C=O) groups is 1. The predicted octanol–water partition coefficient (Wildman–Crippen LogP) is 3.11. The van der Waals surface area contributed by atoms with Crippen LogP contribution >= 0.6 is 34.8 Å². The molecular formula is C16H23IN2O2S. The molecule has 0 saturated heterocycles. The lowest BCUT2D eigenvalue weighted by molar-refractivity contribution is -0.139. The van der Waals surface area contributed by atoms with Crippen LogP contribution in [0, 0.1) is 3.57 Å². The monoisotopic (exact) mass is 434 g/mol. The Kier molecular flexibility index (Phi) is 9.58. The van der Waals surface area contributed by atoms with Crippen LogP contribution in [0.1, 0.15) is 37.7 Å². The maximum atomic E-state index is 11.2. The molecule has 0 aliphatic heterocycles. The van der Waals surface area contributed by atoms with E-state index in [4.69, 9.17) is 18.0 Å². The maximum absolute atomic E-state index is 11.2. The van der Waals surface area contributed by atoms with Gasteiger partial charge in [-0.25, -0.2) is 4.79 Å². The molecule has 4 nitrogen and oxygen atoms in total. The van der Waals surface area contributed by atoms with Crippen LogP contribution in [-0.4, -0.2) is 28.7 Å². The summed E-state index contributed by atoms with van der Waals surface area (Å²) in [4.78, 5) is 11.8. The van der Waals surface area contributed by atoms with E-state index in [0.717, 1.165) is 25.7 Å². The molecule has 0 saturated carbocycles. The van der Waals surface area contributed by atoms with Crippen LogP contribution in [-0.2, 0) is 11.2 Å². The second kappa shape index (κ2) is 10.9. The molecule has 1 atom stereocenters. The van der Waals surface area contributed by atoms with E-state index in [9.17, 15) is 9.90 Å². The quantitative estimate of drug-likeness (QED) is 0.300.